The third-order valence-corrected chi connectivity index (χ3v) is 12.8. The molecule has 6 rings (SSSR count). The minimum atomic E-state index is -4.85. The highest BCUT2D eigenvalue weighted by Crippen LogP contribution is 2.46. The van der Waals surface area contributed by atoms with E-state index in [2.05, 4.69) is 25.1 Å². The minimum Gasteiger partial charge on any atom is -0.491 e. The predicted octanol–water partition coefficient (Wildman–Crippen LogP) is 5.65. The summed E-state index contributed by atoms with van der Waals surface area (Å²) in [6.45, 7) is 7.90. The number of pyridine rings is 1. The van der Waals surface area contributed by atoms with Crippen LogP contribution in [-0.4, -0.2) is 96.0 Å². The van der Waals surface area contributed by atoms with Gasteiger partial charge in [0.2, 0.25) is 27.7 Å². The fourth-order valence-corrected chi connectivity index (χ4v) is 8.98. The van der Waals surface area contributed by atoms with Crippen LogP contribution in [0.25, 0.3) is 10.8 Å². The molecule has 8 atom stereocenters. The van der Waals surface area contributed by atoms with E-state index in [9.17, 15) is 40.8 Å². The molecular weight excluding hydrogens is 772 g/mol. The molecule has 1 saturated heterocycles. The summed E-state index contributed by atoms with van der Waals surface area (Å²) in [4.78, 5) is 61.4. The first-order valence-electron chi connectivity index (χ1n) is 19.4. The average Bonchev–Trinajstić information content (AvgIpc) is 4.05. The number of nitrogens with zero attached hydrogens (tertiary/aromatic N) is 2. The summed E-state index contributed by atoms with van der Waals surface area (Å²) in [7, 11) is -3.97. The summed E-state index contributed by atoms with van der Waals surface area (Å²) in [5.41, 5.74) is -1.62. The molecule has 2 aliphatic heterocycles. The van der Waals surface area contributed by atoms with Gasteiger partial charge in [-0.2, -0.15) is 13.2 Å². The van der Waals surface area contributed by atoms with Crippen molar-refractivity contribution in [2.75, 3.05) is 6.54 Å². The van der Waals surface area contributed by atoms with Gasteiger partial charge in [-0.1, -0.05) is 26.0 Å². The zero-order valence-electron chi connectivity index (χ0n) is 32.5. The molecule has 3 fully saturated rings. The van der Waals surface area contributed by atoms with Crippen molar-refractivity contribution < 1.29 is 59.3 Å². The Balaban J connectivity index is 0.00000320. The first-order valence-corrected chi connectivity index (χ1v) is 20.9. The summed E-state index contributed by atoms with van der Waals surface area (Å²) in [5.74, 6) is -2.76. The van der Waals surface area contributed by atoms with E-state index in [4.69, 9.17) is 9.47 Å². The van der Waals surface area contributed by atoms with E-state index in [1.54, 1.807) is 31.2 Å². The quantitative estimate of drug-likeness (QED) is 0.267. The third kappa shape index (κ3) is 9.75. The number of allylic oxidation sites excluding steroid dienone is 1. The molecule has 1 unspecified atom stereocenters. The Kier molecular flexibility index (Phi) is 12.0. The van der Waals surface area contributed by atoms with Gasteiger partial charge in [0.15, 0.2) is 6.10 Å². The number of carbonyl (C=O) groups excluding carboxylic acids is 4. The molecule has 318 valence electrons. The highest BCUT2D eigenvalue weighted by molar-refractivity contribution is 7.91. The lowest BCUT2D eigenvalue weighted by atomic mass is 9.88. The van der Waals surface area contributed by atoms with E-state index in [-0.39, 0.29) is 41.6 Å². The van der Waals surface area contributed by atoms with Gasteiger partial charge < -0.3 is 29.7 Å². The number of carbonyl (C=O) groups is 4. The second-order valence-corrected chi connectivity index (χ2v) is 18.1. The lowest BCUT2D eigenvalue weighted by Gasteiger charge is -2.33. The molecule has 4 aliphatic rings. The normalized spacial score (nSPS) is 29.5. The van der Waals surface area contributed by atoms with Gasteiger partial charge in [-0.25, -0.2) is 18.2 Å². The summed E-state index contributed by atoms with van der Waals surface area (Å²) in [6, 6.07) is 4.42. The molecule has 0 spiro atoms. The van der Waals surface area contributed by atoms with Gasteiger partial charge in [0.1, 0.15) is 29.5 Å². The smallest absolute Gasteiger partial charge is 0.425 e. The molecule has 14 nitrogen and oxygen atoms in total. The van der Waals surface area contributed by atoms with Crippen LogP contribution in [-0.2, 0) is 29.1 Å². The van der Waals surface area contributed by atoms with Crippen LogP contribution in [0.2, 0.25) is 0 Å². The van der Waals surface area contributed by atoms with Crippen LogP contribution in [0.4, 0.5) is 18.0 Å². The Morgan fingerprint density at radius 2 is 1.82 bits per heavy atom. The number of sulfonamides is 1. The maximum absolute atomic E-state index is 14.7. The molecule has 0 bridgehead atoms. The largest absolute Gasteiger partial charge is 0.491 e. The third-order valence-electron chi connectivity index (χ3n) is 11.0. The first-order chi connectivity index (χ1) is 26.8. The Hall–Kier alpha value is -4.61. The molecule has 18 heteroatoms. The fraction of sp³-hybridized carbons (Fsp3) is 0.615. The Labute approximate surface area is 334 Å². The summed E-state index contributed by atoms with van der Waals surface area (Å²) in [6.07, 6.45) is -2.10. The van der Waals surface area contributed by atoms with E-state index in [0.717, 1.165) is 5.39 Å². The second-order valence-electron chi connectivity index (χ2n) is 16.1. The van der Waals surface area contributed by atoms with Gasteiger partial charge in [0.25, 0.3) is 5.91 Å². The van der Waals surface area contributed by atoms with Crippen LogP contribution >= 0.6 is 0 Å². The number of amides is 4. The predicted molar refractivity (Wildman–Crippen MR) is 208 cm³/mol. The standard InChI is InChI=1S/C39H50F3N5O9S.3H2/c1-21(2)54-27-10-13-30-25(17-27)14-15-43-34(30)56-28-18-31-33(48)45-38(36(50)46-57(52,53)29-11-12-29)19-26(38)9-7-6-8-22(3)16-23(4)32(35(49)47(31)20-28)44-37(51)55-24(5)39(40,41)42;;;/h7,9-10,13-15,17,21-24,26,28-29,31-32H,6,8,11-12,16,18-20H2,1-5H3,(H,44,51)(H,45,48)(H,46,50);3*1H/b9-7-;;;/t22-,23-,24-,26-,28-,31+,32?,38-;;;/m1.../s1. The molecule has 2 aliphatic carbocycles. The lowest BCUT2D eigenvalue weighted by Crippen LogP contribution is -2.59. The molecule has 2 aromatic rings. The van der Waals surface area contributed by atoms with E-state index >= 15 is 0 Å². The molecule has 1 aromatic heterocycles. The van der Waals surface area contributed by atoms with E-state index < -0.39 is 86.9 Å². The van der Waals surface area contributed by atoms with Gasteiger partial charge in [0, 0.05) is 28.2 Å². The van der Waals surface area contributed by atoms with Crippen molar-refractivity contribution in [1.82, 2.24) is 25.2 Å². The molecule has 1 aromatic carbocycles. The van der Waals surface area contributed by atoms with Crippen LogP contribution in [0, 0.1) is 17.8 Å². The zero-order chi connectivity index (χ0) is 41.4. The molecule has 2 saturated carbocycles. The number of ether oxygens (including phenoxy) is 3. The van der Waals surface area contributed by atoms with Gasteiger partial charge in [-0.3, -0.25) is 19.1 Å². The van der Waals surface area contributed by atoms with Crippen molar-refractivity contribution in [2.45, 2.75) is 127 Å². The SMILES string of the molecule is CC(C)Oc1ccc2c(O[C@@H]3C[C@H]4C(=O)N[C@]5(C(=O)NS(=O)(=O)C6CC6)C[C@H]5/C=C\CC[C@@H](C)C[C@@H](C)C(NC(=O)O[C@H](C)C(F)(F)F)C(=O)N4C3)nccc2c1.[HH].[HH].[HH]. The number of benzene rings is 1. The van der Waals surface area contributed by atoms with Crippen molar-refractivity contribution in [2.24, 2.45) is 17.8 Å². The lowest BCUT2D eigenvalue weighted by molar-refractivity contribution is -0.197. The minimum absolute atomic E-state index is 0. The van der Waals surface area contributed by atoms with Crippen LogP contribution in [0.3, 0.4) is 0 Å². The van der Waals surface area contributed by atoms with Crippen molar-refractivity contribution >= 4 is 44.6 Å². The van der Waals surface area contributed by atoms with E-state index in [1.807, 2.05) is 32.9 Å². The van der Waals surface area contributed by atoms with Crippen LogP contribution in [0.15, 0.2) is 42.6 Å². The van der Waals surface area contributed by atoms with Crippen LogP contribution in [0.1, 0.15) is 83.8 Å². The summed E-state index contributed by atoms with van der Waals surface area (Å²) >= 11 is 0. The molecule has 3 N–H and O–H groups in total. The monoisotopic (exact) mass is 827 g/mol. The molecule has 0 radical (unpaired) electrons. The van der Waals surface area contributed by atoms with Gasteiger partial charge in [-0.15, -0.1) is 0 Å². The molecule has 4 amide bonds. The highest BCUT2D eigenvalue weighted by atomic mass is 32.2. The van der Waals surface area contributed by atoms with Gasteiger partial charge in [0.05, 0.1) is 17.9 Å². The fourth-order valence-electron chi connectivity index (χ4n) is 7.61. The topological polar surface area (TPSA) is 182 Å². The number of alkyl carbamates (subject to hydrolysis) is 1. The van der Waals surface area contributed by atoms with Gasteiger partial charge >= 0.3 is 12.3 Å². The molecular formula is C39H56F3N5O9S. The number of hydrogen-bond donors (Lipinski definition) is 3. The number of hydrogen-bond acceptors (Lipinski definition) is 10. The summed E-state index contributed by atoms with van der Waals surface area (Å²) < 4.78 is 84.7. The number of rotatable bonds is 9. The number of nitrogens with one attached hydrogen (secondary N) is 3. The number of halogens is 3. The van der Waals surface area contributed by atoms with Crippen molar-refractivity contribution in [3.63, 3.8) is 0 Å². The van der Waals surface area contributed by atoms with E-state index in [0.29, 0.717) is 50.2 Å². The number of fused-ring (bicyclic) bond motifs is 3. The molecule has 57 heavy (non-hydrogen) atoms. The molecule has 3 heterocycles. The summed E-state index contributed by atoms with van der Waals surface area (Å²) in [5, 5.41) is 5.82. The first kappa shape index (κ1) is 42.0. The van der Waals surface area contributed by atoms with E-state index in [1.165, 1.54) is 11.1 Å². The van der Waals surface area contributed by atoms with Gasteiger partial charge in [-0.05, 0) is 101 Å². The Morgan fingerprint density at radius 1 is 1.09 bits per heavy atom. The van der Waals surface area contributed by atoms with Crippen molar-refractivity contribution in [3.05, 3.63) is 42.6 Å². The Morgan fingerprint density at radius 3 is 2.51 bits per heavy atom. The Bertz CT molecular complexity index is 2030. The van der Waals surface area contributed by atoms with Crippen molar-refractivity contribution in [1.29, 1.82) is 0 Å². The maximum atomic E-state index is 14.7. The second kappa shape index (κ2) is 16.3. The number of aromatic nitrogens is 1. The number of alkyl halides is 3. The van der Waals surface area contributed by atoms with Crippen LogP contribution in [0.5, 0.6) is 11.6 Å². The zero-order valence-corrected chi connectivity index (χ0v) is 33.3. The average molecular weight is 828 g/mol. The maximum Gasteiger partial charge on any atom is 0.425 e. The van der Waals surface area contributed by atoms with Crippen molar-refractivity contribution in [3.8, 4) is 11.6 Å². The highest BCUT2D eigenvalue weighted by Gasteiger charge is 2.62. The van der Waals surface area contributed by atoms with Crippen LogP contribution < -0.4 is 24.8 Å².